The standard InChI is InChI=1S/C94H68BN5O2/c1-61-23-21-24-62(2)93(61)99-84-57-79(97(75-33-13-7-14-34-75)77-45-43-65-51-71(41-39-67(65)53-77)90-55-69-27-17-19-37-88(69)101-90)47-49-82(84)95-83-50-48-80(98(76-35-15-8-16-36-76)78-46-44-66-52-72(42-40-68(66)54-78)91-56-70-28-18-20-38-89(70)102-91)58-85(83)100(94-63(3)25-22-26-64(94)4)87-60-81(59-86(99)92(87)95)96(73-29-9-5-10-30-73)74-31-11-6-12-32-74/h5-60H,1-4H3. The number of furan rings is 2. The molecule has 0 radical (unpaired) electrons. The summed E-state index contributed by atoms with van der Waals surface area (Å²) < 4.78 is 12.8. The topological polar surface area (TPSA) is 42.5 Å². The number of para-hydroxylation sites is 8. The molecule has 0 amide bonds. The highest BCUT2D eigenvalue weighted by atomic mass is 16.3. The van der Waals surface area contributed by atoms with Gasteiger partial charge in [-0.3, -0.25) is 0 Å². The fraction of sp³-hybridized carbons (Fsp3) is 0.0426. The molecular formula is C94H68BN5O2. The smallest absolute Gasteiger partial charge is 0.252 e. The highest BCUT2D eigenvalue weighted by Crippen LogP contribution is 2.53. The maximum absolute atomic E-state index is 6.40. The van der Waals surface area contributed by atoms with Crippen LogP contribution in [0.5, 0.6) is 0 Å². The van der Waals surface area contributed by atoms with Crippen LogP contribution in [0.4, 0.5) is 85.3 Å². The number of fused-ring (bicyclic) bond motifs is 8. The Bertz CT molecular complexity index is 5650. The molecule has 0 saturated carbocycles. The van der Waals surface area contributed by atoms with Gasteiger partial charge in [0.1, 0.15) is 22.7 Å². The van der Waals surface area contributed by atoms with Crippen molar-refractivity contribution in [2.24, 2.45) is 0 Å². The first kappa shape index (κ1) is 60.2. The van der Waals surface area contributed by atoms with Crippen molar-refractivity contribution in [1.82, 2.24) is 0 Å². The van der Waals surface area contributed by atoms with Crippen LogP contribution in [0.2, 0.25) is 0 Å². The molecule has 17 aromatic rings. The lowest BCUT2D eigenvalue weighted by Gasteiger charge is -2.46. The van der Waals surface area contributed by atoms with Crippen molar-refractivity contribution in [3.05, 3.63) is 362 Å². The van der Waals surface area contributed by atoms with Crippen LogP contribution in [0.15, 0.2) is 349 Å². The molecule has 0 atom stereocenters. The minimum absolute atomic E-state index is 0.223. The van der Waals surface area contributed by atoms with E-state index in [9.17, 15) is 0 Å². The number of hydrogen-bond donors (Lipinski definition) is 0. The summed E-state index contributed by atoms with van der Waals surface area (Å²) in [6, 6.07) is 124. The predicted molar refractivity (Wildman–Crippen MR) is 429 cm³/mol. The third-order valence-corrected chi connectivity index (χ3v) is 20.8. The number of nitrogens with zero attached hydrogens (tertiary/aromatic N) is 5. The molecule has 102 heavy (non-hydrogen) atoms. The zero-order chi connectivity index (χ0) is 68.1. The molecule has 0 unspecified atom stereocenters. The molecule has 0 fully saturated rings. The van der Waals surface area contributed by atoms with Gasteiger partial charge >= 0.3 is 0 Å². The number of hydrogen-bond acceptors (Lipinski definition) is 7. The Kier molecular flexibility index (Phi) is 14.4. The van der Waals surface area contributed by atoms with Crippen LogP contribution < -0.4 is 40.9 Å². The third-order valence-electron chi connectivity index (χ3n) is 20.8. The Morgan fingerprint density at radius 3 is 0.961 bits per heavy atom. The SMILES string of the molecule is Cc1cccc(C)c1N1c2cc(N(c3ccccc3)c3ccc4cc(-c5cc6ccccc6o5)ccc4c3)ccc2B2c3ccc(N(c4ccccc4)c4ccc5cc(-c6cc7ccccc7o6)ccc5c4)cc3N(c3c(C)cccc3C)c3cc(N(c4ccccc4)c4ccccc4)cc1c32. The lowest BCUT2D eigenvalue weighted by molar-refractivity contribution is 0.631. The van der Waals surface area contributed by atoms with Crippen LogP contribution in [0.25, 0.3) is 66.1 Å². The second-order valence-electron chi connectivity index (χ2n) is 27.1. The molecule has 8 heteroatoms. The van der Waals surface area contributed by atoms with Crippen molar-refractivity contribution < 1.29 is 8.83 Å². The normalized spacial score (nSPS) is 12.3. The molecular weight excluding hydrogens is 1240 g/mol. The summed E-state index contributed by atoms with van der Waals surface area (Å²) in [5, 5.41) is 6.71. The number of anilines is 15. The largest absolute Gasteiger partial charge is 0.456 e. The van der Waals surface area contributed by atoms with Crippen LogP contribution in [0.3, 0.4) is 0 Å². The van der Waals surface area contributed by atoms with Crippen LogP contribution >= 0.6 is 0 Å². The van der Waals surface area contributed by atoms with Gasteiger partial charge in [-0.15, -0.1) is 0 Å². The van der Waals surface area contributed by atoms with Gasteiger partial charge in [-0.2, -0.15) is 0 Å². The van der Waals surface area contributed by atoms with E-state index < -0.39 is 0 Å². The van der Waals surface area contributed by atoms with Gasteiger partial charge in [0.15, 0.2) is 0 Å². The van der Waals surface area contributed by atoms with E-state index in [-0.39, 0.29) is 6.71 Å². The maximum Gasteiger partial charge on any atom is 0.252 e. The van der Waals surface area contributed by atoms with Gasteiger partial charge in [-0.25, -0.2) is 0 Å². The van der Waals surface area contributed by atoms with Gasteiger partial charge in [-0.05, 0) is 233 Å². The second-order valence-corrected chi connectivity index (χ2v) is 27.1. The lowest BCUT2D eigenvalue weighted by Crippen LogP contribution is -2.61. The highest BCUT2D eigenvalue weighted by Gasteiger charge is 2.45. The van der Waals surface area contributed by atoms with Gasteiger partial charge < -0.3 is 33.3 Å². The third kappa shape index (κ3) is 10.2. The molecule has 0 spiro atoms. The van der Waals surface area contributed by atoms with E-state index in [0.717, 1.165) is 151 Å². The Balaban J connectivity index is 0.848. The molecule has 0 aliphatic carbocycles. The Hall–Kier alpha value is -13.0. The van der Waals surface area contributed by atoms with Crippen molar-refractivity contribution >= 4 is 152 Å². The molecule has 4 heterocycles. The quantitative estimate of drug-likeness (QED) is 0.107. The summed E-state index contributed by atoms with van der Waals surface area (Å²) in [5.41, 5.74) is 28.4. The van der Waals surface area contributed by atoms with Crippen molar-refractivity contribution in [2.45, 2.75) is 27.7 Å². The minimum Gasteiger partial charge on any atom is -0.456 e. The Morgan fingerprint density at radius 1 is 0.245 bits per heavy atom. The van der Waals surface area contributed by atoms with Crippen molar-refractivity contribution in [3.8, 4) is 22.6 Å². The highest BCUT2D eigenvalue weighted by molar-refractivity contribution is 7.00. The first-order valence-corrected chi connectivity index (χ1v) is 35.1. The summed E-state index contributed by atoms with van der Waals surface area (Å²) in [4.78, 5) is 12.5. The van der Waals surface area contributed by atoms with E-state index in [1.807, 2.05) is 24.3 Å². The van der Waals surface area contributed by atoms with Gasteiger partial charge in [0.05, 0.1) is 17.1 Å². The average molecular weight is 1310 g/mol. The summed E-state index contributed by atoms with van der Waals surface area (Å²) in [7, 11) is 0. The molecule has 15 aromatic carbocycles. The summed E-state index contributed by atoms with van der Waals surface area (Å²) in [6.07, 6.45) is 0. The van der Waals surface area contributed by atoms with Crippen LogP contribution in [0.1, 0.15) is 22.3 Å². The maximum atomic E-state index is 6.40. The number of aryl methyl sites for hydroxylation is 4. The zero-order valence-corrected chi connectivity index (χ0v) is 57.0. The molecule has 2 aromatic heterocycles. The number of rotatable bonds is 13. The predicted octanol–water partition coefficient (Wildman–Crippen LogP) is 24.5. The van der Waals surface area contributed by atoms with Crippen LogP contribution in [0, 0.1) is 27.7 Å². The first-order valence-electron chi connectivity index (χ1n) is 35.1. The van der Waals surface area contributed by atoms with E-state index in [1.165, 1.54) is 38.6 Å². The molecule has 19 rings (SSSR count). The molecule has 0 saturated heterocycles. The average Bonchev–Trinajstić information content (AvgIpc) is 0.705. The molecule has 484 valence electrons. The van der Waals surface area contributed by atoms with Crippen molar-refractivity contribution in [1.29, 1.82) is 0 Å². The summed E-state index contributed by atoms with van der Waals surface area (Å²) >= 11 is 0. The van der Waals surface area contributed by atoms with E-state index >= 15 is 0 Å². The van der Waals surface area contributed by atoms with E-state index in [2.05, 4.69) is 368 Å². The van der Waals surface area contributed by atoms with Gasteiger partial charge in [0.2, 0.25) is 0 Å². The fourth-order valence-electron chi connectivity index (χ4n) is 16.1. The van der Waals surface area contributed by atoms with E-state index in [0.29, 0.717) is 0 Å². The fourth-order valence-corrected chi connectivity index (χ4v) is 16.1. The Morgan fingerprint density at radius 2 is 0.569 bits per heavy atom. The van der Waals surface area contributed by atoms with Gasteiger partial charge in [-0.1, -0.05) is 194 Å². The van der Waals surface area contributed by atoms with E-state index in [4.69, 9.17) is 8.83 Å². The molecule has 2 aliphatic heterocycles. The molecule has 0 bridgehead atoms. The summed E-state index contributed by atoms with van der Waals surface area (Å²) in [5.74, 6) is 1.71. The Labute approximate surface area is 594 Å². The minimum atomic E-state index is -0.223. The van der Waals surface area contributed by atoms with Gasteiger partial charge in [0.25, 0.3) is 6.71 Å². The van der Waals surface area contributed by atoms with Crippen LogP contribution in [-0.2, 0) is 0 Å². The zero-order valence-electron chi connectivity index (χ0n) is 57.0. The molecule has 2 aliphatic rings. The second kappa shape index (κ2) is 24.4. The number of benzene rings is 15. The lowest BCUT2D eigenvalue weighted by atomic mass is 9.33. The monoisotopic (exact) mass is 1310 g/mol. The molecule has 0 N–H and O–H groups in total. The van der Waals surface area contributed by atoms with Gasteiger partial charge in [0, 0.05) is 90.1 Å². The first-order chi connectivity index (χ1) is 50.2. The summed E-state index contributed by atoms with van der Waals surface area (Å²) in [6.45, 7) is 8.86. The van der Waals surface area contributed by atoms with Crippen molar-refractivity contribution in [3.63, 3.8) is 0 Å². The van der Waals surface area contributed by atoms with Crippen LogP contribution in [-0.4, -0.2) is 6.71 Å². The molecule has 7 nitrogen and oxygen atoms in total. The van der Waals surface area contributed by atoms with E-state index in [1.54, 1.807) is 0 Å². The van der Waals surface area contributed by atoms with Crippen molar-refractivity contribution in [2.75, 3.05) is 24.5 Å².